The van der Waals surface area contributed by atoms with E-state index in [2.05, 4.69) is 106 Å². The molecule has 6 nitrogen and oxygen atoms in total. The summed E-state index contributed by atoms with van der Waals surface area (Å²) < 4.78 is 4.76. The van der Waals surface area contributed by atoms with E-state index in [-0.39, 0.29) is 0 Å². The van der Waals surface area contributed by atoms with Gasteiger partial charge in [-0.15, -0.1) is 0 Å². The van der Waals surface area contributed by atoms with Crippen LogP contribution in [0.25, 0.3) is 120 Å². The predicted molar refractivity (Wildman–Crippen MR) is 197 cm³/mol. The summed E-state index contributed by atoms with van der Waals surface area (Å²) in [6.07, 6.45) is 3.79. The van der Waals surface area contributed by atoms with Gasteiger partial charge in [-0.3, -0.25) is 8.80 Å². The van der Waals surface area contributed by atoms with E-state index >= 15 is 0 Å². The summed E-state index contributed by atoms with van der Waals surface area (Å²) in [5.41, 5.74) is 10.1. The first kappa shape index (κ1) is 23.6. The molecule has 0 N–H and O–H groups in total. The minimum atomic E-state index is 0.914. The van der Waals surface area contributed by atoms with Crippen molar-refractivity contribution >= 4 is 120 Å². The van der Waals surface area contributed by atoms with Gasteiger partial charge in [0.05, 0.1) is 33.1 Å². The zero-order valence-electron chi connectivity index (χ0n) is 25.2. The summed E-state index contributed by atoms with van der Waals surface area (Å²) in [5.74, 6) is 0. The molecule has 0 fully saturated rings. The molecule has 0 amide bonds. The second-order valence-corrected chi connectivity index (χ2v) is 13.0. The van der Waals surface area contributed by atoms with Crippen LogP contribution in [0.15, 0.2) is 122 Å². The fourth-order valence-corrected chi connectivity index (χ4v) is 9.04. The van der Waals surface area contributed by atoms with Crippen molar-refractivity contribution in [3.05, 3.63) is 122 Å². The van der Waals surface area contributed by atoms with Crippen LogP contribution in [0, 0.1) is 0 Å². The average Bonchev–Trinajstić information content (AvgIpc) is 3.88. The Morgan fingerprint density at radius 1 is 0.312 bits per heavy atom. The smallest absolute Gasteiger partial charge is 0.145 e. The van der Waals surface area contributed by atoms with Crippen molar-refractivity contribution < 1.29 is 0 Å². The van der Waals surface area contributed by atoms with Crippen LogP contribution >= 0.6 is 0 Å². The summed E-state index contributed by atoms with van der Waals surface area (Å²) in [7, 11) is 0. The van der Waals surface area contributed by atoms with Gasteiger partial charge >= 0.3 is 0 Å². The molecule has 0 saturated carbocycles. The highest BCUT2D eigenvalue weighted by Crippen LogP contribution is 2.49. The summed E-state index contributed by atoms with van der Waals surface area (Å²) >= 11 is 0. The maximum absolute atomic E-state index is 5.69. The maximum atomic E-state index is 5.69. The highest BCUT2D eigenvalue weighted by atomic mass is 15.0. The first-order valence-corrected chi connectivity index (χ1v) is 16.3. The Morgan fingerprint density at radius 2 is 0.708 bits per heavy atom. The van der Waals surface area contributed by atoms with Gasteiger partial charge in [0.25, 0.3) is 0 Å². The normalized spacial score (nSPS) is 13.0. The minimum Gasteiger partial charge on any atom is -0.290 e. The monoisotopic (exact) mass is 608 g/mol. The Morgan fingerprint density at radius 3 is 1.19 bits per heavy atom. The van der Waals surface area contributed by atoms with Crippen molar-refractivity contribution in [2.45, 2.75) is 0 Å². The summed E-state index contributed by atoms with van der Waals surface area (Å²) in [6, 6.07) is 38.9. The standard InChI is InChI=1S/C42H20N6/c1-3-11-23-21(9-1)22-10-2-4-12-24(22)34-33(23)45-35-31-29-15-5-13-25-27-17-7-19-43-41(27)47(37(25)29)39(31)40-32(36(35)46-34)30-16-6-14-26-28-18-8-20-44-42(28)48(40)38(26)30/h1-20H. The van der Waals surface area contributed by atoms with Gasteiger partial charge in [0.1, 0.15) is 22.3 Å². The molecular weight excluding hydrogens is 589 g/mol. The van der Waals surface area contributed by atoms with Crippen LogP contribution in [0.1, 0.15) is 0 Å². The Bertz CT molecular complexity index is 3340. The molecule has 7 aromatic heterocycles. The first-order chi connectivity index (χ1) is 23.9. The predicted octanol–water partition coefficient (Wildman–Crippen LogP) is 10.2. The van der Waals surface area contributed by atoms with Gasteiger partial charge in [-0.05, 0) is 35.0 Å². The quantitative estimate of drug-likeness (QED) is 0.127. The fraction of sp³-hybridized carbons (Fsp3) is 0. The average molecular weight is 609 g/mol. The molecule has 6 heteroatoms. The third-order valence-electron chi connectivity index (χ3n) is 10.8. The second-order valence-electron chi connectivity index (χ2n) is 13.0. The maximum Gasteiger partial charge on any atom is 0.145 e. The van der Waals surface area contributed by atoms with Crippen LogP contribution in [0.3, 0.4) is 0 Å². The molecule has 0 aliphatic heterocycles. The van der Waals surface area contributed by atoms with E-state index in [4.69, 9.17) is 19.9 Å². The molecule has 0 atom stereocenters. The van der Waals surface area contributed by atoms with Crippen molar-refractivity contribution in [1.29, 1.82) is 0 Å². The van der Waals surface area contributed by atoms with Crippen LogP contribution in [0.4, 0.5) is 0 Å². The molecular formula is C42H20N6. The lowest BCUT2D eigenvalue weighted by Gasteiger charge is -2.12. The largest absolute Gasteiger partial charge is 0.290 e. The molecule has 0 spiro atoms. The molecule has 13 rings (SSSR count). The van der Waals surface area contributed by atoms with Crippen LogP contribution < -0.4 is 0 Å². The van der Waals surface area contributed by atoms with Crippen molar-refractivity contribution in [3.63, 3.8) is 0 Å². The molecule has 13 aromatic rings. The molecule has 0 saturated heterocycles. The summed E-state index contributed by atoms with van der Waals surface area (Å²) in [5, 5.41) is 13.8. The third-order valence-corrected chi connectivity index (χ3v) is 10.8. The van der Waals surface area contributed by atoms with Gasteiger partial charge in [-0.2, -0.15) is 0 Å². The first-order valence-electron chi connectivity index (χ1n) is 16.3. The molecule has 48 heavy (non-hydrogen) atoms. The van der Waals surface area contributed by atoms with E-state index < -0.39 is 0 Å². The van der Waals surface area contributed by atoms with Crippen molar-refractivity contribution in [2.24, 2.45) is 0 Å². The van der Waals surface area contributed by atoms with Crippen LogP contribution in [0.2, 0.25) is 0 Å². The summed E-state index contributed by atoms with van der Waals surface area (Å²) in [6.45, 7) is 0. The van der Waals surface area contributed by atoms with Crippen LogP contribution in [0.5, 0.6) is 0 Å². The second kappa shape index (κ2) is 7.82. The lowest BCUT2D eigenvalue weighted by atomic mass is 9.98. The van der Waals surface area contributed by atoms with E-state index in [1.54, 1.807) is 0 Å². The number of pyridine rings is 2. The molecule has 0 bridgehead atoms. The molecule has 0 aliphatic carbocycles. The lowest BCUT2D eigenvalue weighted by Crippen LogP contribution is -1.95. The molecule has 0 radical (unpaired) electrons. The fourth-order valence-electron chi connectivity index (χ4n) is 9.04. The Hall–Kier alpha value is -6.66. The number of benzene rings is 6. The van der Waals surface area contributed by atoms with E-state index in [1.165, 1.54) is 21.5 Å². The number of rotatable bonds is 0. The number of para-hydroxylation sites is 2. The zero-order chi connectivity index (χ0) is 30.8. The van der Waals surface area contributed by atoms with Gasteiger partial charge in [-0.25, -0.2) is 19.9 Å². The Labute approximate surface area is 269 Å². The number of nitrogens with zero attached hydrogens (tertiary/aromatic N) is 6. The van der Waals surface area contributed by atoms with E-state index in [0.717, 1.165) is 98.5 Å². The van der Waals surface area contributed by atoms with E-state index in [1.807, 2.05) is 24.5 Å². The van der Waals surface area contributed by atoms with Gasteiger partial charge in [0, 0.05) is 66.3 Å². The van der Waals surface area contributed by atoms with Crippen LogP contribution in [-0.4, -0.2) is 28.7 Å². The van der Waals surface area contributed by atoms with E-state index in [9.17, 15) is 0 Å². The minimum absolute atomic E-state index is 0.914. The Balaban J connectivity index is 1.45. The molecule has 218 valence electrons. The van der Waals surface area contributed by atoms with Crippen molar-refractivity contribution in [3.8, 4) is 0 Å². The Kier molecular flexibility index (Phi) is 3.85. The highest BCUT2D eigenvalue weighted by molar-refractivity contribution is 6.40. The highest BCUT2D eigenvalue weighted by Gasteiger charge is 2.29. The summed E-state index contributed by atoms with van der Waals surface area (Å²) in [4.78, 5) is 21.4. The number of hydrogen-bond acceptors (Lipinski definition) is 4. The van der Waals surface area contributed by atoms with Gasteiger partial charge in [0.15, 0.2) is 0 Å². The third kappa shape index (κ3) is 2.46. The molecule has 0 unspecified atom stereocenters. The molecule has 0 aliphatic rings. The van der Waals surface area contributed by atoms with Crippen molar-refractivity contribution in [1.82, 2.24) is 28.7 Å². The van der Waals surface area contributed by atoms with Crippen LogP contribution in [-0.2, 0) is 0 Å². The molecule has 6 aromatic carbocycles. The van der Waals surface area contributed by atoms with E-state index in [0.29, 0.717) is 0 Å². The van der Waals surface area contributed by atoms with Crippen molar-refractivity contribution in [2.75, 3.05) is 0 Å². The SMILES string of the molecule is c1ccc2c(c1)c1ccccc1c1nc3c(nc21)c1c2cccc4c5cccnc5n(c42)c1c1c3c2cccc3c4cccnc4n1c32. The zero-order valence-corrected chi connectivity index (χ0v) is 25.2. The van der Waals surface area contributed by atoms with Gasteiger partial charge < -0.3 is 0 Å². The number of hydrogen-bond donors (Lipinski definition) is 0. The lowest BCUT2D eigenvalue weighted by molar-refractivity contribution is 1.24. The van der Waals surface area contributed by atoms with Gasteiger partial charge in [-0.1, -0.05) is 84.9 Å². The number of aromatic nitrogens is 6. The topological polar surface area (TPSA) is 60.4 Å². The molecule has 7 heterocycles. The van der Waals surface area contributed by atoms with Gasteiger partial charge in [0.2, 0.25) is 0 Å². The number of fused-ring (bicyclic) bond motifs is 22.